The van der Waals surface area contributed by atoms with Gasteiger partial charge in [0, 0.05) is 0 Å². The maximum atomic E-state index is 3.92. The monoisotopic (exact) mass is 210 g/mol. The van der Waals surface area contributed by atoms with Crippen LogP contribution < -0.4 is 0 Å². The van der Waals surface area contributed by atoms with Gasteiger partial charge in [0.25, 0.3) is 0 Å². The van der Waals surface area contributed by atoms with Crippen LogP contribution in [0.2, 0.25) is 0 Å². The molecule has 0 saturated carbocycles. The van der Waals surface area contributed by atoms with E-state index in [-0.39, 0.29) is 0 Å². The minimum absolute atomic E-state index is 1.14. The molecule has 0 atom stereocenters. The Morgan fingerprint density at radius 2 is 1.60 bits per heavy atom. The van der Waals surface area contributed by atoms with E-state index in [1.165, 1.54) is 17.6 Å². The van der Waals surface area contributed by atoms with E-state index in [1.807, 2.05) is 40.7 Å². The molecule has 90 valence electrons. The molecule has 0 saturated heterocycles. The van der Waals surface area contributed by atoms with Crippen molar-refractivity contribution in [3.63, 3.8) is 0 Å². The molecule has 0 rings (SSSR count). The predicted octanol–water partition coefficient (Wildman–Crippen LogP) is 5.92. The third-order valence-electron chi connectivity index (χ3n) is 1.56. The van der Waals surface area contributed by atoms with Crippen molar-refractivity contribution in [2.24, 2.45) is 0 Å². The molecule has 0 N–H and O–H groups in total. The number of allylic oxidation sites excluding steroid dienone is 5. The summed E-state index contributed by atoms with van der Waals surface area (Å²) in [5.41, 5.74) is 2.55. The van der Waals surface area contributed by atoms with E-state index in [2.05, 4.69) is 32.6 Å². The molecule has 0 spiro atoms. The minimum atomic E-state index is 1.14. The van der Waals surface area contributed by atoms with Gasteiger partial charge in [0.2, 0.25) is 0 Å². The number of rotatable bonds is 4. The Morgan fingerprint density at radius 3 is 1.87 bits per heavy atom. The molecule has 0 aliphatic rings. The lowest BCUT2D eigenvalue weighted by Gasteiger charge is -2.02. The van der Waals surface area contributed by atoms with Gasteiger partial charge in [-0.2, -0.15) is 0 Å². The first-order chi connectivity index (χ1) is 7.22. The molecule has 0 heteroatoms. The summed E-state index contributed by atoms with van der Waals surface area (Å²) in [5.74, 6) is 0. The first-order valence-corrected chi connectivity index (χ1v) is 6.20. The van der Waals surface area contributed by atoms with Crippen molar-refractivity contribution >= 4 is 0 Å². The van der Waals surface area contributed by atoms with E-state index in [9.17, 15) is 0 Å². The predicted molar refractivity (Wildman–Crippen MR) is 75.3 cm³/mol. The van der Waals surface area contributed by atoms with Crippen molar-refractivity contribution in [3.05, 3.63) is 36.0 Å². The van der Waals surface area contributed by atoms with Gasteiger partial charge in [-0.3, -0.25) is 0 Å². The molecule has 0 aliphatic carbocycles. The van der Waals surface area contributed by atoms with Gasteiger partial charge in [-0.1, -0.05) is 71.4 Å². The topological polar surface area (TPSA) is 0 Å². The third-order valence-corrected chi connectivity index (χ3v) is 1.56. The minimum Gasteiger partial charge on any atom is -0.0958 e. The third kappa shape index (κ3) is 15.9. The second-order valence-corrected chi connectivity index (χ2v) is 2.75. The Kier molecular flexibility index (Phi) is 24.9. The fourth-order valence-corrected chi connectivity index (χ4v) is 0.921. The molecule has 0 heterocycles. The van der Waals surface area contributed by atoms with Crippen LogP contribution in [0.15, 0.2) is 36.0 Å². The number of hydrogen-bond donors (Lipinski definition) is 0. The van der Waals surface area contributed by atoms with Crippen LogP contribution in [0.1, 0.15) is 61.3 Å². The summed E-state index contributed by atoms with van der Waals surface area (Å²) in [7, 11) is 0. The summed E-state index contributed by atoms with van der Waals surface area (Å²) in [6, 6.07) is 0. The summed E-state index contributed by atoms with van der Waals surface area (Å²) in [6.07, 6.45) is 8.58. The number of hydrogen-bond acceptors (Lipinski definition) is 0. The second-order valence-electron chi connectivity index (χ2n) is 2.75. The summed E-state index contributed by atoms with van der Waals surface area (Å²) in [6.45, 7) is 18.2. The van der Waals surface area contributed by atoms with Crippen molar-refractivity contribution in [1.82, 2.24) is 0 Å². The highest BCUT2D eigenvalue weighted by Crippen LogP contribution is 2.13. The molecule has 0 nitrogen and oxygen atoms in total. The Morgan fingerprint density at radius 1 is 1.13 bits per heavy atom. The van der Waals surface area contributed by atoms with Crippen molar-refractivity contribution in [2.45, 2.75) is 61.3 Å². The van der Waals surface area contributed by atoms with Gasteiger partial charge in [0.1, 0.15) is 0 Å². The van der Waals surface area contributed by atoms with Crippen molar-refractivity contribution in [1.29, 1.82) is 0 Å². The van der Waals surface area contributed by atoms with Crippen molar-refractivity contribution in [2.75, 3.05) is 0 Å². The fourth-order valence-electron chi connectivity index (χ4n) is 0.921. The molecular weight excluding hydrogens is 180 g/mol. The van der Waals surface area contributed by atoms with Crippen LogP contribution in [-0.4, -0.2) is 0 Å². The van der Waals surface area contributed by atoms with Gasteiger partial charge in [0.05, 0.1) is 0 Å². The normalized spacial score (nSPS) is 9.93. The Hall–Kier alpha value is -0.780. The molecule has 0 bridgehead atoms. The average molecular weight is 210 g/mol. The van der Waals surface area contributed by atoms with Gasteiger partial charge >= 0.3 is 0 Å². The molecule has 0 aliphatic heterocycles. The highest BCUT2D eigenvalue weighted by molar-refractivity contribution is 5.29. The molecule has 0 aromatic heterocycles. The maximum Gasteiger partial charge on any atom is -0.0279 e. The zero-order valence-corrected chi connectivity index (χ0v) is 11.9. The van der Waals surface area contributed by atoms with Crippen LogP contribution in [0.25, 0.3) is 0 Å². The zero-order chi connectivity index (χ0) is 12.7. The van der Waals surface area contributed by atoms with Gasteiger partial charge < -0.3 is 0 Å². The van der Waals surface area contributed by atoms with Crippen LogP contribution in [-0.2, 0) is 0 Å². The van der Waals surface area contributed by atoms with E-state index in [4.69, 9.17) is 0 Å². The smallest absolute Gasteiger partial charge is 0.0279 e. The molecule has 0 aromatic carbocycles. The second kappa shape index (κ2) is 18.9. The van der Waals surface area contributed by atoms with E-state index in [0.29, 0.717) is 0 Å². The van der Waals surface area contributed by atoms with E-state index in [1.54, 1.807) is 0 Å². The summed E-state index contributed by atoms with van der Waals surface area (Å²) in [4.78, 5) is 0. The standard InChI is InChI=1S/C11H18.2C2H6/c1-5-7-9-11(8-6-2)10(3)4;2*1-2/h5,7,9H,3,6,8H2,1-2,4H3;2*1-2H3/b7-5-,11-9-;;. The van der Waals surface area contributed by atoms with Crippen LogP contribution in [0.4, 0.5) is 0 Å². The van der Waals surface area contributed by atoms with Crippen LogP contribution >= 0.6 is 0 Å². The molecule has 15 heavy (non-hydrogen) atoms. The molecular formula is C15H30. The molecule has 0 aromatic rings. The summed E-state index contributed by atoms with van der Waals surface area (Å²) in [5, 5.41) is 0. The molecule has 0 amide bonds. The largest absolute Gasteiger partial charge is 0.0958 e. The first kappa shape index (κ1) is 19.7. The first-order valence-electron chi connectivity index (χ1n) is 6.20. The Bertz CT molecular complexity index is 170. The van der Waals surface area contributed by atoms with Crippen molar-refractivity contribution in [3.8, 4) is 0 Å². The molecule has 0 unspecified atom stereocenters. The lowest BCUT2D eigenvalue weighted by molar-refractivity contribution is 0.913. The molecule has 0 fully saturated rings. The Balaban J connectivity index is -0.000000318. The quantitative estimate of drug-likeness (QED) is 0.505. The van der Waals surface area contributed by atoms with Gasteiger partial charge in [-0.25, -0.2) is 0 Å². The highest BCUT2D eigenvalue weighted by atomic mass is 14.0. The van der Waals surface area contributed by atoms with E-state index >= 15 is 0 Å². The zero-order valence-electron chi connectivity index (χ0n) is 11.9. The summed E-state index contributed by atoms with van der Waals surface area (Å²) < 4.78 is 0. The van der Waals surface area contributed by atoms with Crippen molar-refractivity contribution < 1.29 is 0 Å². The lowest BCUT2D eigenvalue weighted by Crippen LogP contribution is -1.82. The summed E-state index contributed by atoms with van der Waals surface area (Å²) >= 11 is 0. The lowest BCUT2D eigenvalue weighted by atomic mass is 10.0. The van der Waals surface area contributed by atoms with Gasteiger partial charge in [-0.15, -0.1) is 0 Å². The van der Waals surface area contributed by atoms with Gasteiger partial charge in [-0.05, 0) is 25.8 Å². The van der Waals surface area contributed by atoms with Crippen LogP contribution in [0, 0.1) is 0 Å². The Labute approximate surface area is 97.8 Å². The SMILES string of the molecule is C=C(C)/C(=C\C=C/C)CCC.CC.CC. The fraction of sp³-hybridized carbons (Fsp3) is 0.600. The average Bonchev–Trinajstić information content (AvgIpc) is 2.29. The van der Waals surface area contributed by atoms with E-state index < -0.39 is 0 Å². The van der Waals surface area contributed by atoms with Crippen LogP contribution in [0.3, 0.4) is 0 Å². The molecule has 0 radical (unpaired) electrons. The van der Waals surface area contributed by atoms with Crippen LogP contribution in [0.5, 0.6) is 0 Å². The highest BCUT2D eigenvalue weighted by Gasteiger charge is 1.93. The maximum absolute atomic E-state index is 3.92. The van der Waals surface area contributed by atoms with Gasteiger partial charge in [0.15, 0.2) is 0 Å². The van der Waals surface area contributed by atoms with E-state index in [0.717, 1.165) is 6.42 Å².